The molecule has 0 saturated heterocycles. The fourth-order valence-corrected chi connectivity index (χ4v) is 3.80. The van der Waals surface area contributed by atoms with Crippen LogP contribution in [0, 0.1) is 0 Å². The van der Waals surface area contributed by atoms with Crippen LogP contribution in [0.4, 0.5) is 0 Å². The molecule has 0 aliphatic rings. The Balaban J connectivity index is 0.00000264. The minimum absolute atomic E-state index is 0. The quantitative estimate of drug-likeness (QED) is 0.568. The summed E-state index contributed by atoms with van der Waals surface area (Å²) in [6.45, 7) is 0. The van der Waals surface area contributed by atoms with E-state index in [9.17, 15) is 25.9 Å². The molecule has 0 aliphatic carbocycles. The van der Waals surface area contributed by atoms with E-state index in [1.807, 2.05) is 0 Å². The van der Waals surface area contributed by atoms with Gasteiger partial charge in [-0.25, -0.2) is 0 Å². The van der Waals surface area contributed by atoms with Crippen LogP contribution in [-0.4, -0.2) is 85.1 Å². The van der Waals surface area contributed by atoms with E-state index in [1.54, 1.807) is 0 Å². The average molecular weight is 431 g/mol. The molecule has 24 heavy (non-hydrogen) atoms. The summed E-state index contributed by atoms with van der Waals surface area (Å²) in [5.41, 5.74) is -0.285. The van der Waals surface area contributed by atoms with Gasteiger partial charge >= 0.3 is 59.1 Å². The summed E-state index contributed by atoms with van der Waals surface area (Å²) in [5.74, 6) is 0. The third-order valence-corrected chi connectivity index (χ3v) is 4.99. The normalized spacial score (nSPS) is 11.3. The number of hydrogen-bond donors (Lipinski definition) is 2. The molecule has 122 valence electrons. The van der Waals surface area contributed by atoms with E-state index in [4.69, 9.17) is 23.2 Å². The fourth-order valence-electron chi connectivity index (χ4n) is 1.86. The number of halogens is 2. The molecule has 0 aromatic heterocycles. The zero-order valence-electron chi connectivity index (χ0n) is 10.6. The van der Waals surface area contributed by atoms with E-state index in [0.717, 1.165) is 12.1 Å². The van der Waals surface area contributed by atoms with Crippen LogP contribution in [0.15, 0.2) is 46.2 Å². The topological polar surface area (TPSA) is 109 Å². The molecule has 0 aliphatic heterocycles. The van der Waals surface area contributed by atoms with Crippen molar-refractivity contribution in [3.8, 4) is 11.1 Å². The van der Waals surface area contributed by atoms with Gasteiger partial charge in [0, 0.05) is 21.2 Å². The molecule has 0 atom stereocenters. The van der Waals surface area contributed by atoms with Crippen molar-refractivity contribution in [2.24, 2.45) is 0 Å². The average Bonchev–Trinajstić information content (AvgIpc) is 2.37. The molecule has 2 aromatic rings. The molecular formula is C12H10Cl2Na2O6S2. The third-order valence-electron chi connectivity index (χ3n) is 2.73. The molecule has 2 N–H and O–H groups in total. The molecule has 0 bridgehead atoms. The predicted molar refractivity (Wildman–Crippen MR) is 95.8 cm³/mol. The Labute approximate surface area is 193 Å². The van der Waals surface area contributed by atoms with Gasteiger partial charge in [-0.15, -0.1) is 0 Å². The van der Waals surface area contributed by atoms with Crippen molar-refractivity contribution in [1.82, 2.24) is 0 Å². The molecule has 6 nitrogen and oxygen atoms in total. The molecule has 0 unspecified atom stereocenters. The van der Waals surface area contributed by atoms with Crippen molar-refractivity contribution in [3.63, 3.8) is 0 Å². The van der Waals surface area contributed by atoms with Crippen molar-refractivity contribution in [2.75, 3.05) is 0 Å². The predicted octanol–water partition coefficient (Wildman–Crippen LogP) is 1.86. The Bertz CT molecular complexity index is 882. The Morgan fingerprint density at radius 2 is 0.958 bits per heavy atom. The Morgan fingerprint density at radius 1 is 0.667 bits per heavy atom. The maximum absolute atomic E-state index is 11.5. The van der Waals surface area contributed by atoms with Crippen LogP contribution in [0.1, 0.15) is 0 Å². The summed E-state index contributed by atoms with van der Waals surface area (Å²) in [5, 5.41) is 0.0532. The van der Waals surface area contributed by atoms with Crippen molar-refractivity contribution >= 4 is 103 Å². The molecule has 0 fully saturated rings. The Hall–Kier alpha value is 0.840. The Morgan fingerprint density at radius 3 is 1.21 bits per heavy atom. The second-order valence-electron chi connectivity index (χ2n) is 4.23. The zero-order chi connectivity index (χ0) is 16.7. The molecule has 0 saturated carbocycles. The van der Waals surface area contributed by atoms with E-state index < -0.39 is 30.0 Å². The van der Waals surface area contributed by atoms with Crippen molar-refractivity contribution in [2.45, 2.75) is 9.79 Å². The molecule has 2 aromatic carbocycles. The van der Waals surface area contributed by atoms with Crippen LogP contribution in [0.25, 0.3) is 11.1 Å². The summed E-state index contributed by atoms with van der Waals surface area (Å²) < 4.78 is 64.4. The standard InChI is InChI=1S/C12H8Cl2O6S2.2Na.2H/c13-7-1-3-9(11(5-7)21(15,16)17)10-4-2-8(14)6-12(10)22(18,19)20;;;;/h1-6H,(H,15,16,17)(H,18,19,20);;;;. The van der Waals surface area contributed by atoms with Crippen molar-refractivity contribution in [3.05, 3.63) is 46.4 Å². The summed E-state index contributed by atoms with van der Waals surface area (Å²) in [6, 6.07) is 6.98. The molecule has 12 heteroatoms. The summed E-state index contributed by atoms with van der Waals surface area (Å²) in [6.07, 6.45) is 0. The van der Waals surface area contributed by atoms with Crippen molar-refractivity contribution in [1.29, 1.82) is 0 Å². The second-order valence-corrected chi connectivity index (χ2v) is 7.88. The molecule has 0 spiro atoms. The summed E-state index contributed by atoms with van der Waals surface area (Å²) in [7, 11) is -9.34. The van der Waals surface area contributed by atoms with E-state index in [2.05, 4.69) is 0 Å². The Kier molecular flexibility index (Phi) is 9.48. The van der Waals surface area contributed by atoms with E-state index in [0.29, 0.717) is 0 Å². The molecular weight excluding hydrogens is 421 g/mol. The van der Waals surface area contributed by atoms with Crippen LogP contribution in [0.5, 0.6) is 0 Å². The maximum atomic E-state index is 11.5. The van der Waals surface area contributed by atoms with Gasteiger partial charge in [0.1, 0.15) is 9.79 Å². The SMILES string of the molecule is O=S(=O)(O)c1cc(Cl)ccc1-c1ccc(Cl)cc1S(=O)(=O)O.[NaH].[NaH]. The van der Waals surface area contributed by atoms with Crippen LogP contribution in [-0.2, 0) is 20.2 Å². The van der Waals surface area contributed by atoms with Gasteiger partial charge in [0.05, 0.1) is 0 Å². The first kappa shape index (κ1) is 24.8. The number of rotatable bonds is 3. The van der Waals surface area contributed by atoms with Gasteiger partial charge < -0.3 is 0 Å². The van der Waals surface area contributed by atoms with Gasteiger partial charge in [0.15, 0.2) is 0 Å². The van der Waals surface area contributed by atoms with Gasteiger partial charge in [0.2, 0.25) is 0 Å². The second kappa shape index (κ2) is 9.16. The summed E-state index contributed by atoms with van der Waals surface area (Å²) >= 11 is 11.4. The fraction of sp³-hybridized carbons (Fsp3) is 0. The number of hydrogen-bond acceptors (Lipinski definition) is 4. The molecule has 2 rings (SSSR count). The van der Waals surface area contributed by atoms with Crippen LogP contribution in [0.2, 0.25) is 10.0 Å². The van der Waals surface area contributed by atoms with E-state index >= 15 is 0 Å². The van der Waals surface area contributed by atoms with Gasteiger partial charge in [-0.1, -0.05) is 35.3 Å². The van der Waals surface area contributed by atoms with Gasteiger partial charge in [-0.2, -0.15) is 16.8 Å². The number of benzene rings is 2. The first-order chi connectivity index (χ1) is 10.00. The summed E-state index contributed by atoms with van der Waals surface area (Å²) in [4.78, 5) is -1.18. The van der Waals surface area contributed by atoms with Crippen molar-refractivity contribution < 1.29 is 25.9 Å². The van der Waals surface area contributed by atoms with Gasteiger partial charge in [-0.05, 0) is 24.3 Å². The van der Waals surface area contributed by atoms with Crippen LogP contribution < -0.4 is 0 Å². The van der Waals surface area contributed by atoms with Crippen LogP contribution >= 0.6 is 23.2 Å². The molecule has 0 radical (unpaired) electrons. The van der Waals surface area contributed by atoms with E-state index in [1.165, 1.54) is 24.3 Å². The molecule has 0 heterocycles. The van der Waals surface area contributed by atoms with E-state index in [-0.39, 0.29) is 80.3 Å². The zero-order valence-corrected chi connectivity index (χ0v) is 13.7. The van der Waals surface area contributed by atoms with Crippen LogP contribution in [0.3, 0.4) is 0 Å². The third kappa shape index (κ3) is 5.94. The van der Waals surface area contributed by atoms with Gasteiger partial charge in [0.25, 0.3) is 20.2 Å². The molecule has 0 amide bonds. The first-order valence-electron chi connectivity index (χ1n) is 5.54. The monoisotopic (exact) mass is 430 g/mol. The van der Waals surface area contributed by atoms with Gasteiger partial charge in [-0.3, -0.25) is 9.11 Å². The minimum atomic E-state index is -4.67. The first-order valence-corrected chi connectivity index (χ1v) is 9.18.